The molecule has 0 aromatic carbocycles. The summed E-state index contributed by atoms with van der Waals surface area (Å²) in [5, 5.41) is 0. The van der Waals surface area contributed by atoms with Crippen molar-refractivity contribution in [3.05, 3.63) is 24.6 Å². The van der Waals surface area contributed by atoms with Gasteiger partial charge in [0, 0.05) is 6.21 Å². The molecule has 0 spiro atoms. The fourth-order valence-electron chi connectivity index (χ4n) is 0.645. The molecule has 2 heteroatoms. The van der Waals surface area contributed by atoms with Crippen LogP contribution in [0.4, 0.5) is 0 Å². The van der Waals surface area contributed by atoms with Crippen molar-refractivity contribution >= 4 is 6.21 Å². The Bertz CT molecular complexity index is 196. The largest absolute Gasteiger partial charge is 0.472 e. The summed E-state index contributed by atoms with van der Waals surface area (Å²) >= 11 is 0. The minimum atomic E-state index is -0.207. The van der Waals surface area contributed by atoms with Crippen molar-refractivity contribution in [1.82, 2.24) is 0 Å². The second kappa shape index (κ2) is 4.75. The second-order valence-electron chi connectivity index (χ2n) is 3.34. The molecule has 0 aromatic heterocycles. The SMILES string of the molecule is C=C/C=C(\N=CC)OC(C)(C)C. The Morgan fingerprint density at radius 1 is 1.42 bits per heavy atom. The molecule has 0 amide bonds. The molecule has 0 saturated carbocycles. The van der Waals surface area contributed by atoms with Gasteiger partial charge in [0.25, 0.3) is 0 Å². The van der Waals surface area contributed by atoms with Crippen molar-refractivity contribution in [3.63, 3.8) is 0 Å². The van der Waals surface area contributed by atoms with Gasteiger partial charge in [-0.25, -0.2) is 4.99 Å². The van der Waals surface area contributed by atoms with Crippen LogP contribution in [0.3, 0.4) is 0 Å². The third-order valence-electron chi connectivity index (χ3n) is 0.928. The highest BCUT2D eigenvalue weighted by atomic mass is 16.5. The molecule has 12 heavy (non-hydrogen) atoms. The van der Waals surface area contributed by atoms with Crippen molar-refractivity contribution in [1.29, 1.82) is 0 Å². The number of ether oxygens (including phenoxy) is 1. The molecule has 0 aliphatic rings. The van der Waals surface area contributed by atoms with Crippen LogP contribution in [0.5, 0.6) is 0 Å². The zero-order chi connectivity index (χ0) is 9.61. The molecule has 0 N–H and O–H groups in total. The molecule has 0 saturated heterocycles. The number of rotatable bonds is 3. The molecule has 0 bridgehead atoms. The van der Waals surface area contributed by atoms with Gasteiger partial charge >= 0.3 is 0 Å². The maximum Gasteiger partial charge on any atom is 0.213 e. The molecule has 0 rings (SSSR count). The van der Waals surface area contributed by atoms with E-state index in [1.807, 2.05) is 27.7 Å². The fourth-order valence-corrected chi connectivity index (χ4v) is 0.645. The molecule has 0 fully saturated rings. The Labute approximate surface area is 74.7 Å². The maximum absolute atomic E-state index is 5.51. The van der Waals surface area contributed by atoms with Crippen molar-refractivity contribution in [2.24, 2.45) is 4.99 Å². The summed E-state index contributed by atoms with van der Waals surface area (Å²) in [7, 11) is 0. The van der Waals surface area contributed by atoms with Crippen LogP contribution in [-0.4, -0.2) is 11.8 Å². The highest BCUT2D eigenvalue weighted by Gasteiger charge is 2.11. The van der Waals surface area contributed by atoms with Gasteiger partial charge in [0.2, 0.25) is 5.88 Å². The molecule has 0 atom stereocenters. The van der Waals surface area contributed by atoms with Gasteiger partial charge in [-0.1, -0.05) is 12.7 Å². The van der Waals surface area contributed by atoms with Crippen molar-refractivity contribution in [3.8, 4) is 0 Å². The van der Waals surface area contributed by atoms with Crippen LogP contribution in [0.25, 0.3) is 0 Å². The third-order valence-corrected chi connectivity index (χ3v) is 0.928. The zero-order valence-electron chi connectivity index (χ0n) is 8.29. The summed E-state index contributed by atoms with van der Waals surface area (Å²) in [4.78, 5) is 4.04. The predicted octanol–water partition coefficient (Wildman–Crippen LogP) is 2.92. The van der Waals surface area contributed by atoms with Crippen LogP contribution in [0.2, 0.25) is 0 Å². The van der Waals surface area contributed by atoms with E-state index in [0.29, 0.717) is 5.88 Å². The number of nitrogens with zero attached hydrogens (tertiary/aromatic N) is 1. The number of aliphatic imine (C=N–C) groups is 1. The van der Waals surface area contributed by atoms with E-state index in [-0.39, 0.29) is 5.60 Å². The van der Waals surface area contributed by atoms with Crippen LogP contribution in [-0.2, 0) is 4.74 Å². The van der Waals surface area contributed by atoms with Gasteiger partial charge in [-0.3, -0.25) is 0 Å². The first-order chi connectivity index (χ1) is 5.49. The Balaban J connectivity index is 4.34. The normalized spacial score (nSPS) is 13.5. The van der Waals surface area contributed by atoms with Crippen LogP contribution in [0, 0.1) is 0 Å². The van der Waals surface area contributed by atoms with Crippen LogP contribution in [0.1, 0.15) is 27.7 Å². The maximum atomic E-state index is 5.51. The zero-order valence-corrected chi connectivity index (χ0v) is 8.29. The molecule has 68 valence electrons. The fraction of sp³-hybridized carbons (Fsp3) is 0.500. The Kier molecular flexibility index (Phi) is 4.34. The number of hydrogen-bond acceptors (Lipinski definition) is 2. The summed E-state index contributed by atoms with van der Waals surface area (Å²) < 4.78 is 5.51. The van der Waals surface area contributed by atoms with Gasteiger partial charge in [0.1, 0.15) is 5.60 Å². The lowest BCUT2D eigenvalue weighted by atomic mass is 10.2. The van der Waals surface area contributed by atoms with Crippen molar-refractivity contribution in [2.45, 2.75) is 33.3 Å². The van der Waals surface area contributed by atoms with Crippen LogP contribution < -0.4 is 0 Å². The third kappa shape index (κ3) is 5.71. The molecule has 0 unspecified atom stereocenters. The Morgan fingerprint density at radius 3 is 2.33 bits per heavy atom. The van der Waals surface area contributed by atoms with E-state index in [1.54, 1.807) is 18.4 Å². The van der Waals surface area contributed by atoms with E-state index < -0.39 is 0 Å². The van der Waals surface area contributed by atoms with Gasteiger partial charge in [-0.2, -0.15) is 0 Å². The Morgan fingerprint density at radius 2 is 2.00 bits per heavy atom. The van der Waals surface area contributed by atoms with E-state index in [0.717, 1.165) is 0 Å². The predicted molar refractivity (Wildman–Crippen MR) is 53.3 cm³/mol. The monoisotopic (exact) mass is 167 g/mol. The van der Waals surface area contributed by atoms with Gasteiger partial charge in [0.15, 0.2) is 0 Å². The summed E-state index contributed by atoms with van der Waals surface area (Å²) in [6.07, 6.45) is 5.10. The first-order valence-corrected chi connectivity index (χ1v) is 4.00. The molecule has 0 aliphatic heterocycles. The lowest BCUT2D eigenvalue weighted by molar-refractivity contribution is 0.0513. The summed E-state index contributed by atoms with van der Waals surface area (Å²) in [5.74, 6) is 0.597. The van der Waals surface area contributed by atoms with Gasteiger partial charge in [-0.15, -0.1) is 0 Å². The average molecular weight is 167 g/mol. The molecule has 2 nitrogen and oxygen atoms in total. The molecule has 0 aliphatic carbocycles. The summed E-state index contributed by atoms with van der Waals surface area (Å²) in [6, 6.07) is 0. The van der Waals surface area contributed by atoms with Crippen molar-refractivity contribution in [2.75, 3.05) is 0 Å². The van der Waals surface area contributed by atoms with E-state index in [4.69, 9.17) is 4.74 Å². The standard InChI is InChI=1S/C10H17NO/c1-6-8-9(11-7-2)12-10(3,4)5/h6-8H,1H2,2-5H3/b9-8+,11-7?. The highest BCUT2D eigenvalue weighted by molar-refractivity contribution is 5.54. The van der Waals surface area contributed by atoms with E-state index in [1.165, 1.54) is 0 Å². The van der Waals surface area contributed by atoms with Crippen LogP contribution >= 0.6 is 0 Å². The van der Waals surface area contributed by atoms with E-state index >= 15 is 0 Å². The average Bonchev–Trinajstić information content (AvgIpc) is 1.84. The molecule has 0 heterocycles. The number of allylic oxidation sites excluding steroid dienone is 2. The lowest BCUT2D eigenvalue weighted by Gasteiger charge is -2.20. The smallest absolute Gasteiger partial charge is 0.213 e. The first kappa shape index (κ1) is 11.0. The Hall–Kier alpha value is -1.05. The molecular weight excluding hydrogens is 150 g/mol. The molecular formula is C10H17NO. The summed E-state index contributed by atoms with van der Waals surface area (Å²) in [5.41, 5.74) is -0.207. The minimum Gasteiger partial charge on any atom is -0.472 e. The van der Waals surface area contributed by atoms with Crippen LogP contribution in [0.15, 0.2) is 29.6 Å². The van der Waals surface area contributed by atoms with E-state index in [2.05, 4.69) is 11.6 Å². The van der Waals surface area contributed by atoms with E-state index in [9.17, 15) is 0 Å². The summed E-state index contributed by atoms with van der Waals surface area (Å²) in [6.45, 7) is 11.4. The first-order valence-electron chi connectivity index (χ1n) is 4.00. The van der Waals surface area contributed by atoms with Gasteiger partial charge < -0.3 is 4.74 Å². The minimum absolute atomic E-state index is 0.207. The van der Waals surface area contributed by atoms with Crippen molar-refractivity contribution < 1.29 is 4.74 Å². The quantitative estimate of drug-likeness (QED) is 0.360. The molecule has 0 radical (unpaired) electrons. The van der Waals surface area contributed by atoms with Gasteiger partial charge in [-0.05, 0) is 33.8 Å². The number of hydrogen-bond donors (Lipinski definition) is 0. The topological polar surface area (TPSA) is 21.6 Å². The molecule has 0 aromatic rings. The second-order valence-corrected chi connectivity index (χ2v) is 3.34. The highest BCUT2D eigenvalue weighted by Crippen LogP contribution is 2.13. The van der Waals surface area contributed by atoms with Gasteiger partial charge in [0.05, 0.1) is 0 Å². The lowest BCUT2D eigenvalue weighted by Crippen LogP contribution is -2.18.